The van der Waals surface area contributed by atoms with Crippen molar-refractivity contribution in [2.45, 2.75) is 25.8 Å². The fraction of sp³-hybridized carbons (Fsp3) is 0.412. The van der Waals surface area contributed by atoms with E-state index in [1.807, 2.05) is 4.90 Å². The van der Waals surface area contributed by atoms with Crippen LogP contribution in [0.2, 0.25) is 0 Å². The molecule has 5 nitrogen and oxygen atoms in total. The molecule has 1 aromatic heterocycles. The number of aromatic nitrogens is 2. The highest BCUT2D eigenvalue weighted by atomic mass is 79.9. The van der Waals surface area contributed by atoms with Crippen molar-refractivity contribution >= 4 is 34.2 Å². The average Bonchev–Trinajstić information content (AvgIpc) is 3.22. The van der Waals surface area contributed by atoms with Gasteiger partial charge in [-0.15, -0.1) is 12.4 Å². The molecule has 1 saturated heterocycles. The minimum Gasteiger partial charge on any atom is -0.333 e. The largest absolute Gasteiger partial charge is 0.333 e. The van der Waals surface area contributed by atoms with Gasteiger partial charge in [-0.1, -0.05) is 6.92 Å². The van der Waals surface area contributed by atoms with Crippen molar-refractivity contribution in [3.05, 3.63) is 46.4 Å². The first kappa shape index (κ1) is 19.9. The number of benzene rings is 1. The third-order valence-corrected chi connectivity index (χ3v) is 4.74. The van der Waals surface area contributed by atoms with Gasteiger partial charge in [-0.3, -0.25) is 4.79 Å². The van der Waals surface area contributed by atoms with Crippen LogP contribution in [0.1, 0.15) is 30.3 Å². The van der Waals surface area contributed by atoms with Crippen LogP contribution in [0.5, 0.6) is 0 Å². The summed E-state index contributed by atoms with van der Waals surface area (Å²) in [6.45, 7) is 4.53. The Morgan fingerprint density at radius 2 is 2.16 bits per heavy atom. The van der Waals surface area contributed by atoms with E-state index in [9.17, 15) is 9.18 Å². The summed E-state index contributed by atoms with van der Waals surface area (Å²) in [7, 11) is 0. The van der Waals surface area contributed by atoms with Crippen LogP contribution in [0.25, 0.3) is 5.69 Å². The number of carbonyl (C=O) groups is 1. The van der Waals surface area contributed by atoms with Gasteiger partial charge in [-0.2, -0.15) is 5.10 Å². The summed E-state index contributed by atoms with van der Waals surface area (Å²) in [6, 6.07) is 6.22. The Hall–Kier alpha value is -1.44. The maximum atomic E-state index is 13.1. The van der Waals surface area contributed by atoms with Crippen LogP contribution < -0.4 is 5.32 Å². The van der Waals surface area contributed by atoms with E-state index in [4.69, 9.17) is 0 Å². The van der Waals surface area contributed by atoms with Crippen LogP contribution in [0.4, 0.5) is 4.39 Å². The molecule has 2 heterocycles. The minimum absolute atomic E-state index is 0. The number of nitrogens with one attached hydrogen (secondary N) is 1. The van der Waals surface area contributed by atoms with Gasteiger partial charge in [0.1, 0.15) is 5.82 Å². The predicted molar refractivity (Wildman–Crippen MR) is 101 cm³/mol. The lowest BCUT2D eigenvalue weighted by molar-refractivity contribution is 0.0684. The van der Waals surface area contributed by atoms with Crippen molar-refractivity contribution in [2.75, 3.05) is 19.6 Å². The summed E-state index contributed by atoms with van der Waals surface area (Å²) in [4.78, 5) is 14.9. The second-order valence-electron chi connectivity index (χ2n) is 5.89. The van der Waals surface area contributed by atoms with Crippen LogP contribution in [-0.4, -0.2) is 46.3 Å². The Morgan fingerprint density at radius 1 is 1.44 bits per heavy atom. The normalized spacial score (nSPS) is 16.5. The molecule has 1 aliphatic heterocycles. The van der Waals surface area contributed by atoms with Gasteiger partial charge < -0.3 is 10.2 Å². The van der Waals surface area contributed by atoms with E-state index in [1.165, 1.54) is 12.1 Å². The summed E-state index contributed by atoms with van der Waals surface area (Å²) in [6.07, 6.45) is 3.60. The van der Waals surface area contributed by atoms with Gasteiger partial charge >= 0.3 is 0 Å². The molecule has 1 amide bonds. The van der Waals surface area contributed by atoms with E-state index >= 15 is 0 Å². The molecule has 136 valence electrons. The van der Waals surface area contributed by atoms with E-state index in [2.05, 4.69) is 33.3 Å². The maximum Gasteiger partial charge on any atom is 0.275 e. The van der Waals surface area contributed by atoms with Crippen molar-refractivity contribution in [2.24, 2.45) is 0 Å². The molecular weight excluding hydrogens is 411 g/mol. The molecule has 1 fully saturated rings. The zero-order valence-corrected chi connectivity index (χ0v) is 16.3. The first-order valence-electron chi connectivity index (χ1n) is 8.13. The second kappa shape index (κ2) is 8.78. The van der Waals surface area contributed by atoms with E-state index in [-0.39, 0.29) is 30.2 Å². The lowest BCUT2D eigenvalue weighted by atomic mass is 10.2. The summed E-state index contributed by atoms with van der Waals surface area (Å²) < 4.78 is 15.3. The predicted octanol–water partition coefficient (Wildman–Crippen LogP) is 3.41. The van der Waals surface area contributed by atoms with Crippen LogP contribution in [0.15, 0.2) is 34.9 Å². The number of hydrogen-bond donors (Lipinski definition) is 1. The van der Waals surface area contributed by atoms with Gasteiger partial charge in [0.25, 0.3) is 5.91 Å². The first-order valence-corrected chi connectivity index (χ1v) is 8.92. The highest BCUT2D eigenvalue weighted by molar-refractivity contribution is 9.10. The fourth-order valence-corrected chi connectivity index (χ4v) is 3.40. The van der Waals surface area contributed by atoms with Crippen molar-refractivity contribution < 1.29 is 9.18 Å². The van der Waals surface area contributed by atoms with Gasteiger partial charge in [0.05, 0.1) is 10.2 Å². The summed E-state index contributed by atoms with van der Waals surface area (Å²) in [5.74, 6) is -0.373. The molecule has 1 atom stereocenters. The topological polar surface area (TPSA) is 50.2 Å². The lowest BCUT2D eigenvalue weighted by Gasteiger charge is -2.27. The van der Waals surface area contributed by atoms with E-state index in [0.717, 1.165) is 25.9 Å². The molecule has 0 aliphatic carbocycles. The zero-order valence-electron chi connectivity index (χ0n) is 13.9. The van der Waals surface area contributed by atoms with Crippen LogP contribution >= 0.6 is 28.3 Å². The molecule has 0 radical (unpaired) electrons. The Balaban J connectivity index is 0.00000225. The van der Waals surface area contributed by atoms with Gasteiger partial charge in [0.15, 0.2) is 5.69 Å². The van der Waals surface area contributed by atoms with Gasteiger partial charge in [-0.05, 0) is 59.6 Å². The molecule has 0 spiro atoms. The van der Waals surface area contributed by atoms with E-state index in [0.29, 0.717) is 22.4 Å². The zero-order chi connectivity index (χ0) is 17.1. The van der Waals surface area contributed by atoms with Crippen LogP contribution in [0, 0.1) is 5.82 Å². The number of carbonyl (C=O) groups excluding carboxylic acids is 1. The molecule has 3 rings (SSSR count). The second-order valence-corrected chi connectivity index (χ2v) is 6.75. The molecule has 0 bridgehead atoms. The Kier molecular flexibility index (Phi) is 6.98. The number of halogens is 3. The molecule has 25 heavy (non-hydrogen) atoms. The van der Waals surface area contributed by atoms with E-state index in [1.54, 1.807) is 23.0 Å². The molecular formula is C17H21BrClFN4O. The number of rotatable bonds is 5. The lowest BCUT2D eigenvalue weighted by Crippen LogP contribution is -2.42. The maximum absolute atomic E-state index is 13.1. The molecule has 8 heteroatoms. The highest BCUT2D eigenvalue weighted by Crippen LogP contribution is 2.22. The van der Waals surface area contributed by atoms with Gasteiger partial charge in [0, 0.05) is 25.3 Å². The summed E-state index contributed by atoms with van der Waals surface area (Å²) in [5.41, 5.74) is 1.10. The summed E-state index contributed by atoms with van der Waals surface area (Å²) >= 11 is 3.44. The van der Waals surface area contributed by atoms with E-state index < -0.39 is 0 Å². The van der Waals surface area contributed by atoms with Crippen molar-refractivity contribution in [3.63, 3.8) is 0 Å². The quantitative estimate of drug-likeness (QED) is 0.789. The minimum atomic E-state index is -0.302. The Labute approximate surface area is 161 Å². The third kappa shape index (κ3) is 4.40. The molecule has 1 unspecified atom stereocenters. The smallest absolute Gasteiger partial charge is 0.275 e. The monoisotopic (exact) mass is 430 g/mol. The van der Waals surface area contributed by atoms with Crippen LogP contribution in [0.3, 0.4) is 0 Å². The number of amides is 1. The fourth-order valence-electron chi connectivity index (χ4n) is 2.96. The van der Waals surface area contributed by atoms with Crippen molar-refractivity contribution in [3.8, 4) is 5.69 Å². The summed E-state index contributed by atoms with van der Waals surface area (Å²) in [5, 5.41) is 7.72. The number of nitrogens with zero attached hydrogens (tertiary/aromatic N) is 3. The first-order chi connectivity index (χ1) is 11.6. The average molecular weight is 432 g/mol. The Bertz CT molecular complexity index is 716. The number of hydrogen-bond acceptors (Lipinski definition) is 3. The van der Waals surface area contributed by atoms with Gasteiger partial charge in [-0.25, -0.2) is 9.07 Å². The standard InChI is InChI=1S/C17H20BrFN4O.ClH/c1-2-9-22(14-7-8-20-10-14)17(24)16-15(18)11-23(21-16)13-5-3-12(19)4-6-13;/h3-6,11,14,20H,2,7-10H2,1H3;1H. The third-order valence-electron chi connectivity index (χ3n) is 4.16. The Morgan fingerprint density at radius 3 is 2.76 bits per heavy atom. The molecule has 1 aromatic carbocycles. The van der Waals surface area contributed by atoms with Gasteiger partial charge in [0.2, 0.25) is 0 Å². The SMILES string of the molecule is CCCN(C(=O)c1nn(-c2ccc(F)cc2)cc1Br)C1CCNC1.Cl. The molecule has 1 aliphatic rings. The van der Waals surface area contributed by atoms with Crippen molar-refractivity contribution in [1.82, 2.24) is 20.0 Å². The molecule has 1 N–H and O–H groups in total. The van der Waals surface area contributed by atoms with Crippen molar-refractivity contribution in [1.29, 1.82) is 0 Å². The molecule has 2 aromatic rings. The molecule has 0 saturated carbocycles. The highest BCUT2D eigenvalue weighted by Gasteiger charge is 2.29. The van der Waals surface area contributed by atoms with Crippen LogP contribution in [-0.2, 0) is 0 Å².